The normalized spacial score (nSPS) is 12.1. The van der Waals surface area contributed by atoms with Crippen LogP contribution in [0.1, 0.15) is 0 Å². The number of rotatable bonds is 3. The molecule has 2 heteroatoms. The highest BCUT2D eigenvalue weighted by atomic mass is 32.1. The van der Waals surface area contributed by atoms with Crippen LogP contribution >= 0.6 is 11.3 Å². The van der Waals surface area contributed by atoms with Gasteiger partial charge in [0.2, 0.25) is 0 Å². The fourth-order valence-corrected chi connectivity index (χ4v) is 10.2. The third kappa shape index (κ3) is 4.32. The van der Waals surface area contributed by atoms with E-state index < -0.39 is 0 Å². The average molecular weight is 703 g/mol. The maximum absolute atomic E-state index is 6.46. The molecular weight excluding hydrogens is 673 g/mol. The smallest absolute Gasteiger partial charge is 0.144 e. The van der Waals surface area contributed by atoms with Crippen molar-refractivity contribution in [2.24, 2.45) is 0 Å². The first kappa shape index (κ1) is 29.8. The molecule has 2 aromatic heterocycles. The van der Waals surface area contributed by atoms with E-state index in [1.165, 1.54) is 107 Å². The van der Waals surface area contributed by atoms with Crippen LogP contribution < -0.4 is 0 Å². The number of thiophene rings is 1. The van der Waals surface area contributed by atoms with Gasteiger partial charge < -0.3 is 4.42 Å². The van der Waals surface area contributed by atoms with Crippen molar-refractivity contribution in [3.63, 3.8) is 0 Å². The van der Waals surface area contributed by atoms with Gasteiger partial charge in [-0.15, -0.1) is 11.3 Å². The van der Waals surface area contributed by atoms with Crippen molar-refractivity contribution in [3.05, 3.63) is 182 Å². The Morgan fingerprint density at radius 1 is 0.333 bits per heavy atom. The number of benzene rings is 10. The SMILES string of the molecule is c1ccc2cc(-c3c4ccccc4c(-c4ccc(-c5ccc6c(ccc7c6sc6ccc8c9ccccc9oc8c67)c5)cc4)c4ccccc34)ccc2c1. The zero-order valence-electron chi connectivity index (χ0n) is 29.1. The summed E-state index contributed by atoms with van der Waals surface area (Å²) < 4.78 is 9.02. The minimum Gasteiger partial charge on any atom is -0.455 e. The summed E-state index contributed by atoms with van der Waals surface area (Å²) in [5, 5.41) is 15.0. The molecule has 54 heavy (non-hydrogen) atoms. The van der Waals surface area contributed by atoms with Crippen molar-refractivity contribution >= 4 is 96.5 Å². The maximum atomic E-state index is 6.46. The molecule has 0 radical (unpaired) electrons. The van der Waals surface area contributed by atoms with Gasteiger partial charge in [-0.1, -0.05) is 152 Å². The molecule has 0 bridgehead atoms. The molecule has 0 aliphatic carbocycles. The molecule has 0 saturated carbocycles. The molecule has 12 rings (SSSR count). The van der Waals surface area contributed by atoms with E-state index in [0.29, 0.717) is 0 Å². The van der Waals surface area contributed by atoms with Crippen LogP contribution in [0.4, 0.5) is 0 Å². The second kappa shape index (κ2) is 11.4. The van der Waals surface area contributed by atoms with Gasteiger partial charge in [-0.05, 0) is 107 Å². The monoisotopic (exact) mass is 702 g/mol. The topological polar surface area (TPSA) is 13.1 Å². The summed E-state index contributed by atoms with van der Waals surface area (Å²) in [4.78, 5) is 0. The van der Waals surface area contributed by atoms with Gasteiger partial charge in [-0.25, -0.2) is 0 Å². The molecular formula is C52H30OS. The maximum Gasteiger partial charge on any atom is 0.144 e. The molecule has 12 aromatic rings. The van der Waals surface area contributed by atoms with Gasteiger partial charge in [-0.2, -0.15) is 0 Å². The Balaban J connectivity index is 0.974. The van der Waals surface area contributed by atoms with Crippen molar-refractivity contribution in [1.29, 1.82) is 0 Å². The molecule has 2 heterocycles. The summed E-state index contributed by atoms with van der Waals surface area (Å²) in [6, 6.07) is 66.8. The van der Waals surface area contributed by atoms with Crippen LogP contribution in [0, 0.1) is 0 Å². The quantitative estimate of drug-likeness (QED) is 0.167. The fraction of sp³-hybridized carbons (Fsp3) is 0. The molecule has 1 nitrogen and oxygen atoms in total. The number of furan rings is 1. The van der Waals surface area contributed by atoms with Gasteiger partial charge in [0.05, 0.1) is 0 Å². The van der Waals surface area contributed by atoms with Gasteiger partial charge in [0.25, 0.3) is 0 Å². The lowest BCUT2D eigenvalue weighted by atomic mass is 9.85. The van der Waals surface area contributed by atoms with Crippen LogP contribution in [0.15, 0.2) is 186 Å². The molecule has 10 aromatic carbocycles. The van der Waals surface area contributed by atoms with Crippen LogP contribution in [0.5, 0.6) is 0 Å². The first-order valence-electron chi connectivity index (χ1n) is 18.5. The Morgan fingerprint density at radius 3 is 1.63 bits per heavy atom. The molecule has 0 aliphatic rings. The largest absolute Gasteiger partial charge is 0.455 e. The predicted octanol–water partition coefficient (Wildman–Crippen LogP) is 15.6. The number of hydrogen-bond acceptors (Lipinski definition) is 2. The first-order chi connectivity index (χ1) is 26.8. The summed E-state index contributed by atoms with van der Waals surface area (Å²) in [6.07, 6.45) is 0. The summed E-state index contributed by atoms with van der Waals surface area (Å²) in [5.41, 5.74) is 9.39. The number of hydrogen-bond donors (Lipinski definition) is 0. The van der Waals surface area contributed by atoms with Gasteiger partial charge in [0.15, 0.2) is 0 Å². The van der Waals surface area contributed by atoms with E-state index in [2.05, 4.69) is 176 Å². The van der Waals surface area contributed by atoms with Crippen molar-refractivity contribution in [3.8, 4) is 33.4 Å². The predicted molar refractivity (Wildman–Crippen MR) is 233 cm³/mol. The van der Waals surface area contributed by atoms with Gasteiger partial charge >= 0.3 is 0 Å². The highest BCUT2D eigenvalue weighted by molar-refractivity contribution is 7.26. The van der Waals surface area contributed by atoms with E-state index >= 15 is 0 Å². The lowest BCUT2D eigenvalue weighted by Gasteiger charge is -2.18. The Hall–Kier alpha value is -6.74. The van der Waals surface area contributed by atoms with E-state index in [9.17, 15) is 0 Å². The van der Waals surface area contributed by atoms with E-state index in [0.717, 1.165) is 11.2 Å². The van der Waals surface area contributed by atoms with Crippen LogP contribution in [-0.2, 0) is 0 Å². The van der Waals surface area contributed by atoms with Gasteiger partial charge in [0, 0.05) is 30.9 Å². The van der Waals surface area contributed by atoms with Crippen molar-refractivity contribution in [1.82, 2.24) is 0 Å². The Labute approximate surface area is 314 Å². The van der Waals surface area contributed by atoms with Gasteiger partial charge in [0.1, 0.15) is 11.2 Å². The molecule has 0 N–H and O–H groups in total. The lowest BCUT2D eigenvalue weighted by molar-refractivity contribution is 0.673. The molecule has 0 aliphatic heterocycles. The lowest BCUT2D eigenvalue weighted by Crippen LogP contribution is -1.91. The number of para-hydroxylation sites is 1. The van der Waals surface area contributed by atoms with Crippen molar-refractivity contribution in [2.45, 2.75) is 0 Å². The Bertz CT molecular complexity index is 3430. The second-order valence-electron chi connectivity index (χ2n) is 14.4. The summed E-state index contributed by atoms with van der Waals surface area (Å²) in [6.45, 7) is 0. The molecule has 250 valence electrons. The zero-order valence-corrected chi connectivity index (χ0v) is 30.0. The first-order valence-corrected chi connectivity index (χ1v) is 19.3. The minimum absolute atomic E-state index is 0.940. The summed E-state index contributed by atoms with van der Waals surface area (Å²) in [5.74, 6) is 0. The summed E-state index contributed by atoms with van der Waals surface area (Å²) >= 11 is 1.86. The summed E-state index contributed by atoms with van der Waals surface area (Å²) in [7, 11) is 0. The highest BCUT2D eigenvalue weighted by Crippen LogP contribution is 2.46. The van der Waals surface area contributed by atoms with E-state index in [1.54, 1.807) is 0 Å². The van der Waals surface area contributed by atoms with E-state index in [-0.39, 0.29) is 0 Å². The second-order valence-corrected chi connectivity index (χ2v) is 15.4. The van der Waals surface area contributed by atoms with Gasteiger partial charge in [-0.3, -0.25) is 0 Å². The highest BCUT2D eigenvalue weighted by Gasteiger charge is 2.18. The molecule has 0 atom stereocenters. The fourth-order valence-electron chi connectivity index (χ4n) is 8.93. The van der Waals surface area contributed by atoms with Crippen LogP contribution in [0.3, 0.4) is 0 Å². The Kier molecular flexibility index (Phi) is 6.28. The third-order valence-electron chi connectivity index (χ3n) is 11.4. The minimum atomic E-state index is 0.940. The molecule has 0 saturated heterocycles. The average Bonchev–Trinajstić information content (AvgIpc) is 3.81. The van der Waals surface area contributed by atoms with Crippen molar-refractivity contribution < 1.29 is 4.42 Å². The zero-order chi connectivity index (χ0) is 35.3. The van der Waals surface area contributed by atoms with Crippen LogP contribution in [0.25, 0.3) is 119 Å². The third-order valence-corrected chi connectivity index (χ3v) is 12.6. The Morgan fingerprint density at radius 2 is 0.870 bits per heavy atom. The number of fused-ring (bicyclic) bond motifs is 12. The molecule has 0 unspecified atom stereocenters. The standard InChI is InChI=1S/C52H30OS/c1-2-10-34-30-37(22-19-31(34)9-1)49-42-14-5-3-12-40(42)48(41-13-4-6-15-43(41)49)33-20-17-32(18-21-33)35-23-25-38-36(29-35)24-26-45-50-47(54-52(38)45)28-27-44-39-11-7-8-16-46(39)53-51(44)50/h1-30H. The molecule has 0 amide bonds. The van der Waals surface area contributed by atoms with Crippen molar-refractivity contribution in [2.75, 3.05) is 0 Å². The van der Waals surface area contributed by atoms with Crippen LogP contribution in [-0.4, -0.2) is 0 Å². The van der Waals surface area contributed by atoms with E-state index in [4.69, 9.17) is 4.42 Å². The molecule has 0 fully saturated rings. The molecule has 0 spiro atoms. The van der Waals surface area contributed by atoms with Crippen LogP contribution in [0.2, 0.25) is 0 Å². The van der Waals surface area contributed by atoms with E-state index in [1.807, 2.05) is 17.4 Å².